The van der Waals surface area contributed by atoms with E-state index >= 15 is 0 Å². The minimum atomic E-state index is -0.118. The van der Waals surface area contributed by atoms with Crippen LogP contribution in [-0.4, -0.2) is 27.3 Å². The number of nitrogens with one attached hydrogen (secondary N) is 2. The van der Waals surface area contributed by atoms with Crippen molar-refractivity contribution in [1.29, 1.82) is 0 Å². The molecule has 27 heavy (non-hydrogen) atoms. The van der Waals surface area contributed by atoms with E-state index in [0.717, 1.165) is 37.2 Å². The number of hydrogen-bond acceptors (Lipinski definition) is 4. The lowest BCUT2D eigenvalue weighted by atomic mass is 9.93. The molecule has 2 aliphatic heterocycles. The lowest BCUT2D eigenvalue weighted by Crippen LogP contribution is -2.48. The summed E-state index contributed by atoms with van der Waals surface area (Å²) in [4.78, 5) is 12.0. The van der Waals surface area contributed by atoms with Crippen LogP contribution in [0.1, 0.15) is 56.3 Å². The predicted octanol–water partition coefficient (Wildman–Crippen LogP) is 2.73. The van der Waals surface area contributed by atoms with Crippen LogP contribution in [0.2, 0.25) is 0 Å². The first-order chi connectivity index (χ1) is 12.9. The second kappa shape index (κ2) is 7.00. The van der Waals surface area contributed by atoms with Crippen molar-refractivity contribution in [3.63, 3.8) is 0 Å². The number of amides is 1. The highest BCUT2D eigenvalue weighted by Crippen LogP contribution is 2.35. The van der Waals surface area contributed by atoms with Crippen LogP contribution in [-0.2, 0) is 24.3 Å². The molecule has 1 amide bonds. The third-order valence-electron chi connectivity index (χ3n) is 5.43. The van der Waals surface area contributed by atoms with E-state index in [9.17, 15) is 4.79 Å². The van der Waals surface area contributed by atoms with Crippen molar-refractivity contribution in [2.75, 3.05) is 0 Å². The summed E-state index contributed by atoms with van der Waals surface area (Å²) < 4.78 is 7.86. The Hall–Kier alpha value is -2.34. The van der Waals surface area contributed by atoms with Gasteiger partial charge in [0.25, 0.3) is 0 Å². The van der Waals surface area contributed by atoms with Gasteiger partial charge in [-0.3, -0.25) is 9.48 Å². The normalized spacial score (nSPS) is 23.6. The Labute approximate surface area is 160 Å². The van der Waals surface area contributed by atoms with Gasteiger partial charge >= 0.3 is 0 Å². The largest absolute Gasteiger partial charge is 0.487 e. The van der Waals surface area contributed by atoms with E-state index in [4.69, 9.17) is 4.74 Å². The number of benzene rings is 1. The molecule has 0 bridgehead atoms. The van der Waals surface area contributed by atoms with Crippen LogP contribution >= 0.6 is 0 Å². The summed E-state index contributed by atoms with van der Waals surface area (Å²) in [5.41, 5.74) is 3.46. The molecule has 0 unspecified atom stereocenters. The average Bonchev–Trinajstić information content (AvgIpc) is 3.22. The summed E-state index contributed by atoms with van der Waals surface area (Å²) in [7, 11) is 0. The van der Waals surface area contributed by atoms with Gasteiger partial charge in [-0.2, -0.15) is 5.10 Å². The molecule has 1 fully saturated rings. The van der Waals surface area contributed by atoms with Gasteiger partial charge in [0.2, 0.25) is 5.91 Å². The highest BCUT2D eigenvalue weighted by atomic mass is 16.5. The van der Waals surface area contributed by atoms with Gasteiger partial charge in [0.1, 0.15) is 11.4 Å². The zero-order valence-corrected chi connectivity index (χ0v) is 16.3. The van der Waals surface area contributed by atoms with E-state index < -0.39 is 0 Å². The standard InChI is InChI=1S/C21H28N4O2/c1-4-25-13-16(12-23-25)20-17(6-8-19(26)24-20)22-11-14-5-7-18-15(9-14)10-21(2,3)27-18/h5,7,9,12-13,17,20,22H,4,6,8,10-11H2,1-3H3,(H,24,26)/t17-,20+/m1/s1. The van der Waals surface area contributed by atoms with Crippen molar-refractivity contribution in [1.82, 2.24) is 20.4 Å². The van der Waals surface area contributed by atoms with Crippen molar-refractivity contribution in [3.05, 3.63) is 47.3 Å². The maximum absolute atomic E-state index is 12.0. The summed E-state index contributed by atoms with van der Waals surface area (Å²) in [6.45, 7) is 7.90. The van der Waals surface area contributed by atoms with Gasteiger partial charge in [0, 0.05) is 43.7 Å². The zero-order valence-electron chi connectivity index (χ0n) is 16.3. The molecular formula is C21H28N4O2. The second-order valence-electron chi connectivity index (χ2n) is 8.18. The van der Waals surface area contributed by atoms with E-state index in [2.05, 4.69) is 54.7 Å². The topological polar surface area (TPSA) is 68.2 Å². The maximum Gasteiger partial charge on any atom is 0.220 e. The van der Waals surface area contributed by atoms with E-state index in [-0.39, 0.29) is 23.6 Å². The molecule has 3 heterocycles. The van der Waals surface area contributed by atoms with E-state index in [1.165, 1.54) is 11.1 Å². The Morgan fingerprint density at radius 3 is 3.04 bits per heavy atom. The first-order valence-electron chi connectivity index (χ1n) is 9.79. The molecule has 0 saturated carbocycles. The fraction of sp³-hybridized carbons (Fsp3) is 0.524. The minimum Gasteiger partial charge on any atom is -0.487 e. The quantitative estimate of drug-likeness (QED) is 0.852. The molecule has 0 spiro atoms. The van der Waals surface area contributed by atoms with Gasteiger partial charge in [0.15, 0.2) is 0 Å². The molecule has 1 aromatic heterocycles. The number of carbonyl (C=O) groups is 1. The highest BCUT2D eigenvalue weighted by Gasteiger charge is 2.32. The summed E-state index contributed by atoms with van der Waals surface area (Å²) in [5.74, 6) is 1.11. The Morgan fingerprint density at radius 1 is 1.41 bits per heavy atom. The Morgan fingerprint density at radius 2 is 2.26 bits per heavy atom. The number of piperidine rings is 1. The lowest BCUT2D eigenvalue weighted by molar-refractivity contribution is -0.123. The highest BCUT2D eigenvalue weighted by molar-refractivity contribution is 5.77. The summed E-state index contributed by atoms with van der Waals surface area (Å²) >= 11 is 0. The summed E-state index contributed by atoms with van der Waals surface area (Å²) in [6.07, 6.45) is 6.22. The molecule has 1 saturated heterocycles. The molecule has 144 valence electrons. The average molecular weight is 368 g/mol. The van der Waals surface area contributed by atoms with Crippen LogP contribution in [0.5, 0.6) is 5.75 Å². The fourth-order valence-electron chi connectivity index (χ4n) is 4.07. The number of nitrogens with zero attached hydrogens (tertiary/aromatic N) is 2. The molecule has 6 nitrogen and oxygen atoms in total. The van der Waals surface area contributed by atoms with Crippen LogP contribution in [0, 0.1) is 0 Å². The molecule has 0 radical (unpaired) electrons. The number of hydrogen-bond donors (Lipinski definition) is 2. The van der Waals surface area contributed by atoms with Gasteiger partial charge in [0.05, 0.1) is 12.2 Å². The molecule has 2 atom stereocenters. The van der Waals surface area contributed by atoms with Gasteiger partial charge in [-0.25, -0.2) is 0 Å². The summed E-state index contributed by atoms with van der Waals surface area (Å²) in [6, 6.07) is 6.59. The van der Waals surface area contributed by atoms with Gasteiger partial charge < -0.3 is 15.4 Å². The van der Waals surface area contributed by atoms with Crippen LogP contribution < -0.4 is 15.4 Å². The van der Waals surface area contributed by atoms with Crippen molar-refractivity contribution in [2.45, 2.75) is 70.8 Å². The van der Waals surface area contributed by atoms with E-state index in [1.807, 2.05) is 17.1 Å². The van der Waals surface area contributed by atoms with Crippen LogP contribution in [0.25, 0.3) is 0 Å². The first kappa shape index (κ1) is 18.0. The molecule has 4 rings (SSSR count). The molecule has 2 aliphatic rings. The van der Waals surface area contributed by atoms with Crippen LogP contribution in [0.3, 0.4) is 0 Å². The Bertz CT molecular complexity index is 842. The summed E-state index contributed by atoms with van der Waals surface area (Å²) in [5, 5.41) is 11.2. The smallest absolute Gasteiger partial charge is 0.220 e. The molecule has 0 aliphatic carbocycles. The third kappa shape index (κ3) is 3.86. The van der Waals surface area contributed by atoms with Crippen molar-refractivity contribution in [2.24, 2.45) is 0 Å². The Kier molecular flexibility index (Phi) is 4.68. The van der Waals surface area contributed by atoms with Crippen molar-refractivity contribution < 1.29 is 9.53 Å². The molecule has 1 aromatic carbocycles. The van der Waals surface area contributed by atoms with Crippen LogP contribution in [0.15, 0.2) is 30.6 Å². The van der Waals surface area contributed by atoms with Gasteiger partial charge in [-0.15, -0.1) is 0 Å². The molecular weight excluding hydrogens is 340 g/mol. The maximum atomic E-state index is 12.0. The Balaban J connectivity index is 1.45. The van der Waals surface area contributed by atoms with Gasteiger partial charge in [-0.1, -0.05) is 12.1 Å². The van der Waals surface area contributed by atoms with Crippen molar-refractivity contribution >= 4 is 5.91 Å². The number of ether oxygens (including phenoxy) is 1. The zero-order chi connectivity index (χ0) is 19.0. The monoisotopic (exact) mass is 368 g/mol. The van der Waals surface area contributed by atoms with Crippen LogP contribution in [0.4, 0.5) is 0 Å². The number of aromatic nitrogens is 2. The molecule has 2 aromatic rings. The number of carbonyl (C=O) groups excluding carboxylic acids is 1. The minimum absolute atomic E-state index is 0.0387. The molecule has 6 heteroatoms. The van der Waals surface area contributed by atoms with Gasteiger partial charge in [-0.05, 0) is 44.4 Å². The SMILES string of the molecule is CCn1cc([C@@H]2NC(=O)CC[C@H]2NCc2ccc3c(c2)CC(C)(C)O3)cn1. The lowest BCUT2D eigenvalue weighted by Gasteiger charge is -2.32. The first-order valence-corrected chi connectivity index (χ1v) is 9.79. The van der Waals surface area contributed by atoms with E-state index in [1.54, 1.807) is 0 Å². The second-order valence-corrected chi connectivity index (χ2v) is 8.18. The fourth-order valence-corrected chi connectivity index (χ4v) is 4.07. The number of aryl methyl sites for hydroxylation is 1. The van der Waals surface area contributed by atoms with E-state index in [0.29, 0.717) is 6.42 Å². The molecule has 2 N–H and O–H groups in total. The predicted molar refractivity (Wildman–Crippen MR) is 103 cm³/mol. The van der Waals surface area contributed by atoms with Crippen molar-refractivity contribution in [3.8, 4) is 5.75 Å². The third-order valence-corrected chi connectivity index (χ3v) is 5.43. The number of rotatable bonds is 5. The number of fused-ring (bicyclic) bond motifs is 1.